The Bertz CT molecular complexity index is 161. The van der Waals surface area contributed by atoms with Gasteiger partial charge in [0, 0.05) is 24.2 Å². The van der Waals surface area contributed by atoms with Crippen LogP contribution >= 0.6 is 11.8 Å². The number of rotatable bonds is 14. The van der Waals surface area contributed by atoms with Gasteiger partial charge in [-0.15, -0.1) is 0 Å². The van der Waals surface area contributed by atoms with E-state index in [1.54, 1.807) is 0 Å². The normalized spacial score (nSPS) is 12.8. The SMILES string of the molecule is CCCCOCCOCCOCCSC(C)CN. The van der Waals surface area contributed by atoms with Crippen LogP contribution in [-0.2, 0) is 14.2 Å². The van der Waals surface area contributed by atoms with Crippen LogP contribution in [0.1, 0.15) is 26.7 Å². The summed E-state index contributed by atoms with van der Waals surface area (Å²) in [5.41, 5.74) is 5.52. The molecule has 0 aliphatic rings. The summed E-state index contributed by atoms with van der Waals surface area (Å²) in [6.45, 7) is 9.27. The zero-order valence-corrected chi connectivity index (χ0v) is 12.7. The first kappa shape index (κ1) is 18.2. The van der Waals surface area contributed by atoms with E-state index in [9.17, 15) is 0 Å². The zero-order valence-electron chi connectivity index (χ0n) is 11.9. The third-order valence-corrected chi connectivity index (χ3v) is 3.51. The lowest BCUT2D eigenvalue weighted by Crippen LogP contribution is -2.15. The number of unbranched alkanes of at least 4 members (excludes halogenated alkanes) is 1. The van der Waals surface area contributed by atoms with E-state index in [1.165, 1.54) is 6.42 Å². The quantitative estimate of drug-likeness (QED) is 0.492. The number of hydrogen-bond donors (Lipinski definition) is 1. The van der Waals surface area contributed by atoms with E-state index in [0.29, 0.717) is 31.7 Å². The summed E-state index contributed by atoms with van der Waals surface area (Å²) < 4.78 is 16.2. The van der Waals surface area contributed by atoms with Gasteiger partial charge in [-0.2, -0.15) is 11.8 Å². The average molecular weight is 279 g/mol. The second kappa shape index (κ2) is 15.2. The molecule has 0 saturated carbocycles. The lowest BCUT2D eigenvalue weighted by Gasteiger charge is -2.09. The molecule has 0 bridgehead atoms. The first-order valence-electron chi connectivity index (χ1n) is 6.86. The third-order valence-electron chi connectivity index (χ3n) is 2.35. The van der Waals surface area contributed by atoms with Gasteiger partial charge in [0.15, 0.2) is 0 Å². The maximum atomic E-state index is 5.52. The topological polar surface area (TPSA) is 53.7 Å². The van der Waals surface area contributed by atoms with Gasteiger partial charge in [-0.05, 0) is 6.42 Å². The molecule has 1 unspecified atom stereocenters. The summed E-state index contributed by atoms with van der Waals surface area (Å²) in [6, 6.07) is 0. The molecule has 0 aromatic carbocycles. The fraction of sp³-hybridized carbons (Fsp3) is 1.00. The van der Waals surface area contributed by atoms with E-state index in [2.05, 4.69) is 13.8 Å². The van der Waals surface area contributed by atoms with Gasteiger partial charge in [-0.25, -0.2) is 0 Å². The minimum Gasteiger partial charge on any atom is -0.379 e. The molecular weight excluding hydrogens is 250 g/mol. The highest BCUT2D eigenvalue weighted by molar-refractivity contribution is 7.99. The van der Waals surface area contributed by atoms with E-state index < -0.39 is 0 Å². The number of thioether (sulfide) groups is 1. The Balaban J connectivity index is 2.94. The molecule has 1 atom stereocenters. The van der Waals surface area contributed by atoms with Gasteiger partial charge in [-0.3, -0.25) is 0 Å². The first-order valence-corrected chi connectivity index (χ1v) is 7.91. The first-order chi connectivity index (χ1) is 8.81. The molecule has 2 N–H and O–H groups in total. The lowest BCUT2D eigenvalue weighted by atomic mass is 10.4. The van der Waals surface area contributed by atoms with Crippen LogP contribution in [0.25, 0.3) is 0 Å². The van der Waals surface area contributed by atoms with Gasteiger partial charge in [-0.1, -0.05) is 20.3 Å². The second-order valence-corrected chi connectivity index (χ2v) is 5.65. The van der Waals surface area contributed by atoms with Crippen LogP contribution < -0.4 is 5.73 Å². The van der Waals surface area contributed by atoms with Crippen molar-refractivity contribution in [1.29, 1.82) is 0 Å². The Morgan fingerprint density at radius 3 is 2.06 bits per heavy atom. The van der Waals surface area contributed by atoms with Crippen molar-refractivity contribution in [1.82, 2.24) is 0 Å². The Kier molecular flexibility index (Phi) is 15.4. The monoisotopic (exact) mass is 279 g/mol. The van der Waals surface area contributed by atoms with Gasteiger partial charge in [0.25, 0.3) is 0 Å². The van der Waals surface area contributed by atoms with Crippen molar-refractivity contribution in [3.05, 3.63) is 0 Å². The van der Waals surface area contributed by atoms with E-state index >= 15 is 0 Å². The molecule has 0 aliphatic carbocycles. The number of nitrogens with two attached hydrogens (primary N) is 1. The van der Waals surface area contributed by atoms with Crippen LogP contribution in [0.5, 0.6) is 0 Å². The summed E-state index contributed by atoms with van der Waals surface area (Å²) >= 11 is 1.85. The highest BCUT2D eigenvalue weighted by atomic mass is 32.2. The summed E-state index contributed by atoms with van der Waals surface area (Å²) in [4.78, 5) is 0. The fourth-order valence-corrected chi connectivity index (χ4v) is 1.92. The highest BCUT2D eigenvalue weighted by Crippen LogP contribution is 2.07. The summed E-state index contributed by atoms with van der Waals surface area (Å²) in [7, 11) is 0. The summed E-state index contributed by atoms with van der Waals surface area (Å²) in [5, 5.41) is 0.519. The molecule has 0 saturated heterocycles. The summed E-state index contributed by atoms with van der Waals surface area (Å²) in [5.74, 6) is 0.999. The largest absolute Gasteiger partial charge is 0.379 e. The van der Waals surface area contributed by atoms with Crippen LogP contribution in [0.3, 0.4) is 0 Å². The molecule has 0 radical (unpaired) electrons. The molecule has 0 aliphatic heterocycles. The highest BCUT2D eigenvalue weighted by Gasteiger charge is 1.98. The molecule has 0 rings (SSSR count). The van der Waals surface area contributed by atoms with Crippen molar-refractivity contribution in [2.45, 2.75) is 31.9 Å². The predicted molar refractivity (Wildman–Crippen MR) is 78.3 cm³/mol. The smallest absolute Gasteiger partial charge is 0.0701 e. The van der Waals surface area contributed by atoms with Gasteiger partial charge in [0.05, 0.1) is 33.0 Å². The van der Waals surface area contributed by atoms with Crippen LogP contribution in [0, 0.1) is 0 Å². The number of ether oxygens (including phenoxy) is 3. The molecule has 0 amide bonds. The van der Waals surface area contributed by atoms with Gasteiger partial charge in [0.1, 0.15) is 0 Å². The second-order valence-electron chi connectivity index (χ2n) is 4.11. The number of hydrogen-bond acceptors (Lipinski definition) is 5. The maximum absolute atomic E-state index is 5.52. The molecule has 0 aromatic rings. The molecule has 18 heavy (non-hydrogen) atoms. The molecular formula is C13H29NO3S. The Morgan fingerprint density at radius 1 is 0.944 bits per heavy atom. The minimum atomic E-state index is 0.519. The standard InChI is InChI=1S/C13H29NO3S/c1-3-4-5-15-6-7-16-8-9-17-10-11-18-13(2)12-14/h13H,3-12,14H2,1-2H3. The van der Waals surface area contributed by atoms with E-state index in [0.717, 1.165) is 31.9 Å². The van der Waals surface area contributed by atoms with Crippen LogP contribution in [0.15, 0.2) is 0 Å². The van der Waals surface area contributed by atoms with Crippen LogP contribution in [-0.4, -0.2) is 57.2 Å². The van der Waals surface area contributed by atoms with Crippen molar-refractivity contribution >= 4 is 11.8 Å². The maximum Gasteiger partial charge on any atom is 0.0701 e. The average Bonchev–Trinajstić information content (AvgIpc) is 2.39. The Hall–Kier alpha value is 0.190. The Morgan fingerprint density at radius 2 is 1.50 bits per heavy atom. The van der Waals surface area contributed by atoms with Crippen LogP contribution in [0.2, 0.25) is 0 Å². The van der Waals surface area contributed by atoms with E-state index in [4.69, 9.17) is 19.9 Å². The van der Waals surface area contributed by atoms with Gasteiger partial charge >= 0.3 is 0 Å². The van der Waals surface area contributed by atoms with Crippen molar-refractivity contribution in [2.24, 2.45) is 5.73 Å². The van der Waals surface area contributed by atoms with Gasteiger partial charge < -0.3 is 19.9 Å². The predicted octanol–water partition coefficient (Wildman–Crippen LogP) is 1.92. The van der Waals surface area contributed by atoms with Crippen molar-refractivity contribution < 1.29 is 14.2 Å². The zero-order chi connectivity index (χ0) is 13.5. The third kappa shape index (κ3) is 14.3. The molecule has 5 heteroatoms. The lowest BCUT2D eigenvalue weighted by molar-refractivity contribution is 0.0169. The van der Waals surface area contributed by atoms with E-state index in [-0.39, 0.29) is 0 Å². The summed E-state index contributed by atoms with van der Waals surface area (Å²) in [6.07, 6.45) is 2.30. The molecule has 0 fully saturated rings. The van der Waals surface area contributed by atoms with Crippen molar-refractivity contribution in [2.75, 3.05) is 51.9 Å². The fourth-order valence-electron chi connectivity index (χ4n) is 1.16. The van der Waals surface area contributed by atoms with E-state index in [1.807, 2.05) is 11.8 Å². The van der Waals surface area contributed by atoms with Crippen LogP contribution in [0.4, 0.5) is 0 Å². The van der Waals surface area contributed by atoms with Crippen molar-refractivity contribution in [3.63, 3.8) is 0 Å². The molecule has 0 aromatic heterocycles. The molecule has 110 valence electrons. The minimum absolute atomic E-state index is 0.519. The Labute approximate surface area is 116 Å². The van der Waals surface area contributed by atoms with Crippen molar-refractivity contribution in [3.8, 4) is 0 Å². The molecule has 4 nitrogen and oxygen atoms in total. The molecule has 0 spiro atoms. The van der Waals surface area contributed by atoms with Gasteiger partial charge in [0.2, 0.25) is 0 Å². The molecule has 0 heterocycles.